The summed E-state index contributed by atoms with van der Waals surface area (Å²) in [6.07, 6.45) is 1.28. The largest absolute Gasteiger partial charge is 0.316 e. The Morgan fingerprint density at radius 3 is 2.79 bits per heavy atom. The Morgan fingerprint density at radius 1 is 1.43 bits per heavy atom. The van der Waals surface area contributed by atoms with E-state index in [1.165, 1.54) is 28.6 Å². The van der Waals surface area contributed by atoms with Gasteiger partial charge < -0.3 is 5.32 Å². The molecule has 1 aliphatic heterocycles. The molecule has 3 heteroatoms. The third kappa shape index (κ3) is 2.50. The minimum absolute atomic E-state index is 0. The molecule has 14 heavy (non-hydrogen) atoms. The lowest BCUT2D eigenvalue weighted by molar-refractivity contribution is 0.757. The lowest BCUT2D eigenvalue weighted by Crippen LogP contribution is -2.08. The molecule has 0 aliphatic carbocycles. The van der Waals surface area contributed by atoms with Crippen molar-refractivity contribution in [3.8, 4) is 0 Å². The molecule has 0 aromatic heterocycles. The monoisotopic (exact) mass is 275 g/mol. The van der Waals surface area contributed by atoms with Crippen LogP contribution in [-0.2, 0) is 0 Å². The zero-order valence-electron chi connectivity index (χ0n) is 8.22. The molecular weight excluding hydrogens is 261 g/mol. The van der Waals surface area contributed by atoms with Crippen LogP contribution in [0.3, 0.4) is 0 Å². The van der Waals surface area contributed by atoms with Gasteiger partial charge in [0.05, 0.1) is 0 Å². The van der Waals surface area contributed by atoms with E-state index in [0.29, 0.717) is 0 Å². The summed E-state index contributed by atoms with van der Waals surface area (Å²) in [6.45, 7) is 4.50. The number of nitrogens with one attached hydrogen (secondary N) is 1. The van der Waals surface area contributed by atoms with Crippen molar-refractivity contribution in [2.45, 2.75) is 19.3 Å². The molecule has 1 unspecified atom stereocenters. The molecule has 0 radical (unpaired) electrons. The lowest BCUT2D eigenvalue weighted by Gasteiger charge is -2.12. The molecule has 0 amide bonds. The van der Waals surface area contributed by atoms with E-state index in [2.05, 4.69) is 46.4 Å². The second-order valence-corrected chi connectivity index (χ2v) is 4.61. The van der Waals surface area contributed by atoms with Crippen molar-refractivity contribution in [3.63, 3.8) is 0 Å². The van der Waals surface area contributed by atoms with E-state index in [1.54, 1.807) is 0 Å². The number of aryl methyl sites for hydroxylation is 1. The minimum atomic E-state index is 0. The summed E-state index contributed by atoms with van der Waals surface area (Å²) in [6, 6.07) is 6.59. The zero-order valence-corrected chi connectivity index (χ0v) is 10.6. The summed E-state index contributed by atoms with van der Waals surface area (Å²) in [7, 11) is 0. The van der Waals surface area contributed by atoms with Gasteiger partial charge >= 0.3 is 0 Å². The Morgan fingerprint density at radius 2 is 2.21 bits per heavy atom. The number of halogens is 2. The number of benzene rings is 1. The third-order valence-electron chi connectivity index (χ3n) is 2.73. The van der Waals surface area contributed by atoms with E-state index in [9.17, 15) is 0 Å². The van der Waals surface area contributed by atoms with Gasteiger partial charge in [0.15, 0.2) is 0 Å². The summed E-state index contributed by atoms with van der Waals surface area (Å²) in [5.74, 6) is 0.730. The van der Waals surface area contributed by atoms with Crippen LogP contribution >= 0.6 is 28.3 Å². The van der Waals surface area contributed by atoms with E-state index in [0.717, 1.165) is 12.5 Å². The van der Waals surface area contributed by atoms with Crippen molar-refractivity contribution in [3.05, 3.63) is 33.8 Å². The van der Waals surface area contributed by atoms with E-state index < -0.39 is 0 Å². The number of rotatable bonds is 1. The molecule has 1 saturated heterocycles. The van der Waals surface area contributed by atoms with Gasteiger partial charge in [0, 0.05) is 11.0 Å². The van der Waals surface area contributed by atoms with Crippen LogP contribution in [0.5, 0.6) is 0 Å². The fourth-order valence-electron chi connectivity index (χ4n) is 2.02. The second-order valence-electron chi connectivity index (χ2n) is 3.69. The van der Waals surface area contributed by atoms with Crippen LogP contribution in [0.25, 0.3) is 0 Å². The summed E-state index contributed by atoms with van der Waals surface area (Å²) in [5, 5.41) is 3.40. The van der Waals surface area contributed by atoms with Gasteiger partial charge in [-0.2, -0.15) is 0 Å². The smallest absolute Gasteiger partial charge is 0.0178 e. The maximum absolute atomic E-state index is 3.49. The average Bonchev–Trinajstić information content (AvgIpc) is 2.56. The molecule has 0 saturated carbocycles. The van der Waals surface area contributed by atoms with Gasteiger partial charge in [0.2, 0.25) is 0 Å². The van der Waals surface area contributed by atoms with Gasteiger partial charge in [-0.1, -0.05) is 22.0 Å². The number of hydrogen-bond donors (Lipinski definition) is 1. The minimum Gasteiger partial charge on any atom is -0.316 e. The van der Waals surface area contributed by atoms with E-state index in [-0.39, 0.29) is 12.4 Å². The molecule has 0 bridgehead atoms. The molecule has 1 aromatic rings. The first-order chi connectivity index (χ1) is 6.27. The maximum atomic E-state index is 3.49. The molecule has 1 N–H and O–H groups in total. The Labute approximate surface area is 99.8 Å². The predicted octanol–water partition coefficient (Wildman–Crippen LogP) is 3.26. The highest BCUT2D eigenvalue weighted by molar-refractivity contribution is 9.10. The van der Waals surface area contributed by atoms with Gasteiger partial charge in [0.1, 0.15) is 0 Å². The van der Waals surface area contributed by atoms with Crippen molar-refractivity contribution in [2.75, 3.05) is 13.1 Å². The predicted molar refractivity (Wildman–Crippen MR) is 66.4 cm³/mol. The normalized spacial score (nSPS) is 20.6. The van der Waals surface area contributed by atoms with Crippen molar-refractivity contribution in [2.24, 2.45) is 0 Å². The molecule has 1 nitrogen and oxygen atoms in total. The molecule has 1 atom stereocenters. The van der Waals surface area contributed by atoms with E-state index in [1.807, 2.05) is 0 Å². The quantitative estimate of drug-likeness (QED) is 0.830. The highest BCUT2D eigenvalue weighted by Crippen LogP contribution is 2.27. The molecule has 1 aromatic carbocycles. The molecular formula is C11H15BrClN. The molecule has 78 valence electrons. The molecule has 1 heterocycles. The van der Waals surface area contributed by atoms with Crippen LogP contribution in [0.1, 0.15) is 23.5 Å². The summed E-state index contributed by atoms with van der Waals surface area (Å²) in [5.41, 5.74) is 2.91. The fraction of sp³-hybridized carbons (Fsp3) is 0.455. The van der Waals surface area contributed by atoms with Gasteiger partial charge in [-0.15, -0.1) is 12.4 Å². The van der Waals surface area contributed by atoms with Crippen molar-refractivity contribution in [1.29, 1.82) is 0 Å². The SMILES string of the molecule is Cc1cc(Br)ccc1C1CCNC1.Cl. The van der Waals surface area contributed by atoms with Gasteiger partial charge in [-0.05, 0) is 49.1 Å². The Kier molecular flexibility index (Phi) is 4.42. The third-order valence-corrected chi connectivity index (χ3v) is 3.23. The van der Waals surface area contributed by atoms with Crippen LogP contribution < -0.4 is 5.32 Å². The van der Waals surface area contributed by atoms with Crippen LogP contribution in [-0.4, -0.2) is 13.1 Å². The highest BCUT2D eigenvalue weighted by Gasteiger charge is 2.17. The van der Waals surface area contributed by atoms with Crippen molar-refractivity contribution in [1.82, 2.24) is 5.32 Å². The fourth-order valence-corrected chi connectivity index (χ4v) is 2.49. The first kappa shape index (κ1) is 12.0. The Hall–Kier alpha value is -0.0500. The second kappa shape index (κ2) is 5.15. The van der Waals surface area contributed by atoms with Crippen LogP contribution in [0, 0.1) is 6.92 Å². The van der Waals surface area contributed by atoms with E-state index in [4.69, 9.17) is 0 Å². The zero-order chi connectivity index (χ0) is 9.26. The standard InChI is InChI=1S/C11H14BrN.ClH/c1-8-6-10(12)2-3-11(8)9-4-5-13-7-9;/h2-3,6,9,13H,4-5,7H2,1H3;1H. The molecule has 1 aliphatic rings. The molecule has 2 rings (SSSR count). The first-order valence-electron chi connectivity index (χ1n) is 4.74. The Balaban J connectivity index is 0.000000980. The molecule has 1 fully saturated rings. The topological polar surface area (TPSA) is 12.0 Å². The van der Waals surface area contributed by atoms with Crippen molar-refractivity contribution >= 4 is 28.3 Å². The van der Waals surface area contributed by atoms with Crippen molar-refractivity contribution < 1.29 is 0 Å². The Bertz CT molecular complexity index is 308. The maximum Gasteiger partial charge on any atom is 0.0178 e. The first-order valence-corrected chi connectivity index (χ1v) is 5.53. The highest BCUT2D eigenvalue weighted by atomic mass is 79.9. The summed E-state index contributed by atoms with van der Waals surface area (Å²) < 4.78 is 1.18. The van der Waals surface area contributed by atoms with Crippen LogP contribution in [0.4, 0.5) is 0 Å². The molecule has 0 spiro atoms. The van der Waals surface area contributed by atoms with Crippen LogP contribution in [0.15, 0.2) is 22.7 Å². The number of hydrogen-bond acceptors (Lipinski definition) is 1. The lowest BCUT2D eigenvalue weighted by atomic mass is 9.94. The summed E-state index contributed by atoms with van der Waals surface area (Å²) >= 11 is 3.49. The van der Waals surface area contributed by atoms with E-state index >= 15 is 0 Å². The van der Waals surface area contributed by atoms with Gasteiger partial charge in [0.25, 0.3) is 0 Å². The summed E-state index contributed by atoms with van der Waals surface area (Å²) in [4.78, 5) is 0. The van der Waals surface area contributed by atoms with Crippen LogP contribution in [0.2, 0.25) is 0 Å². The van der Waals surface area contributed by atoms with Gasteiger partial charge in [-0.3, -0.25) is 0 Å². The average molecular weight is 277 g/mol. The van der Waals surface area contributed by atoms with Gasteiger partial charge in [-0.25, -0.2) is 0 Å².